The van der Waals surface area contributed by atoms with Crippen LogP contribution in [-0.2, 0) is 27.7 Å². The normalized spacial score (nSPS) is 22.6. The zero-order chi connectivity index (χ0) is 18.7. The Hall–Kier alpha value is -1.44. The van der Waals surface area contributed by atoms with Crippen molar-refractivity contribution in [2.24, 2.45) is 0 Å². The molecule has 0 radical (unpaired) electrons. The summed E-state index contributed by atoms with van der Waals surface area (Å²) in [4.78, 5) is 14.4. The van der Waals surface area contributed by atoms with Gasteiger partial charge < -0.3 is 10.2 Å². The number of sulfonamides is 1. The minimum absolute atomic E-state index is 0.0197. The van der Waals surface area contributed by atoms with Gasteiger partial charge in [-0.15, -0.1) is 0 Å². The number of hydrogen-bond acceptors (Lipinski definition) is 4. The molecule has 1 aromatic rings. The Morgan fingerprint density at radius 2 is 1.92 bits per heavy atom. The molecule has 1 N–H and O–H groups in total. The molecule has 2 heterocycles. The maximum absolute atomic E-state index is 13.2. The van der Waals surface area contributed by atoms with Crippen LogP contribution in [-0.4, -0.2) is 62.3 Å². The summed E-state index contributed by atoms with van der Waals surface area (Å²) in [6, 6.07) is 5.47. The van der Waals surface area contributed by atoms with Crippen LogP contribution in [0.1, 0.15) is 37.8 Å². The summed E-state index contributed by atoms with van der Waals surface area (Å²) < 4.78 is 27.9. The maximum Gasteiger partial charge on any atom is 0.243 e. The standard InChI is InChI=1S/C19H29N3O3S/c1-3-15-7-8-18(12-16(15)4-2)26(24,25)21-10-5-6-17(14-21)22-11-9-20-13-19(22)23/h7-8,12,17,20H,3-6,9-11,13-14H2,1-2H3. The van der Waals surface area contributed by atoms with Crippen molar-refractivity contribution in [3.05, 3.63) is 29.3 Å². The number of rotatable bonds is 5. The number of carbonyl (C=O) groups excluding carboxylic acids is 1. The molecular formula is C19H29N3O3S. The van der Waals surface area contributed by atoms with Crippen molar-refractivity contribution in [1.29, 1.82) is 0 Å². The number of amides is 1. The molecule has 7 heteroatoms. The number of nitrogens with one attached hydrogen (secondary N) is 1. The molecule has 3 rings (SSSR count). The summed E-state index contributed by atoms with van der Waals surface area (Å²) in [6.45, 7) is 6.83. The Kier molecular flexibility index (Phi) is 5.99. The van der Waals surface area contributed by atoms with E-state index in [2.05, 4.69) is 19.2 Å². The van der Waals surface area contributed by atoms with Gasteiger partial charge in [0.1, 0.15) is 0 Å². The van der Waals surface area contributed by atoms with Gasteiger partial charge in [0.25, 0.3) is 0 Å². The highest BCUT2D eigenvalue weighted by Gasteiger charge is 2.35. The van der Waals surface area contributed by atoms with Gasteiger partial charge >= 0.3 is 0 Å². The molecule has 26 heavy (non-hydrogen) atoms. The summed E-state index contributed by atoms with van der Waals surface area (Å²) in [5, 5.41) is 3.07. The number of benzene rings is 1. The van der Waals surface area contributed by atoms with E-state index in [-0.39, 0.29) is 11.9 Å². The second-order valence-electron chi connectivity index (χ2n) is 7.06. The zero-order valence-electron chi connectivity index (χ0n) is 15.7. The van der Waals surface area contributed by atoms with E-state index in [0.717, 1.165) is 37.8 Å². The average molecular weight is 380 g/mol. The predicted octanol–water partition coefficient (Wildman–Crippen LogP) is 1.40. The van der Waals surface area contributed by atoms with Crippen LogP contribution in [0.2, 0.25) is 0 Å². The predicted molar refractivity (Wildman–Crippen MR) is 102 cm³/mol. The molecule has 1 atom stereocenters. The number of piperidine rings is 1. The van der Waals surface area contributed by atoms with Gasteiger partial charge in [-0.3, -0.25) is 4.79 Å². The third-order valence-electron chi connectivity index (χ3n) is 5.50. The Labute approximate surface area is 156 Å². The summed E-state index contributed by atoms with van der Waals surface area (Å²) >= 11 is 0. The first-order valence-corrected chi connectivity index (χ1v) is 11.0. The largest absolute Gasteiger partial charge is 0.336 e. The van der Waals surface area contributed by atoms with Crippen LogP contribution in [0.4, 0.5) is 0 Å². The highest BCUT2D eigenvalue weighted by molar-refractivity contribution is 7.89. The first kappa shape index (κ1) is 19.3. The second-order valence-corrected chi connectivity index (χ2v) is 9.00. The fraction of sp³-hybridized carbons (Fsp3) is 0.632. The minimum Gasteiger partial charge on any atom is -0.336 e. The molecule has 1 unspecified atom stereocenters. The molecule has 6 nitrogen and oxygen atoms in total. The Bertz CT molecular complexity index is 763. The molecule has 2 saturated heterocycles. The van der Waals surface area contributed by atoms with Crippen LogP contribution in [0, 0.1) is 0 Å². The summed E-state index contributed by atoms with van der Waals surface area (Å²) in [5.41, 5.74) is 2.30. The molecule has 1 aromatic carbocycles. The number of carbonyl (C=O) groups is 1. The van der Waals surface area contributed by atoms with Crippen LogP contribution in [0.15, 0.2) is 23.1 Å². The molecule has 0 saturated carbocycles. The lowest BCUT2D eigenvalue weighted by Gasteiger charge is -2.40. The highest BCUT2D eigenvalue weighted by atomic mass is 32.2. The third-order valence-corrected chi connectivity index (χ3v) is 7.36. The van der Waals surface area contributed by atoms with Gasteiger partial charge in [-0.05, 0) is 48.9 Å². The van der Waals surface area contributed by atoms with E-state index in [1.165, 1.54) is 5.56 Å². The molecule has 144 valence electrons. The molecule has 2 aliphatic heterocycles. The highest BCUT2D eigenvalue weighted by Crippen LogP contribution is 2.25. The number of hydrogen-bond donors (Lipinski definition) is 1. The second kappa shape index (κ2) is 8.06. The minimum atomic E-state index is -3.53. The Morgan fingerprint density at radius 1 is 1.15 bits per heavy atom. The zero-order valence-corrected chi connectivity index (χ0v) is 16.5. The monoisotopic (exact) mass is 379 g/mol. The van der Waals surface area contributed by atoms with Crippen molar-refractivity contribution in [2.75, 3.05) is 32.7 Å². The number of aryl methyl sites for hydroxylation is 2. The summed E-state index contributed by atoms with van der Waals surface area (Å²) in [7, 11) is -3.53. The molecule has 2 fully saturated rings. The van der Waals surface area contributed by atoms with E-state index in [0.29, 0.717) is 31.1 Å². The topological polar surface area (TPSA) is 69.7 Å². The molecule has 0 aromatic heterocycles. The van der Waals surface area contributed by atoms with Crippen molar-refractivity contribution < 1.29 is 13.2 Å². The third kappa shape index (κ3) is 3.80. The molecule has 2 aliphatic rings. The lowest BCUT2D eigenvalue weighted by atomic mass is 10.0. The van der Waals surface area contributed by atoms with Gasteiger partial charge in [-0.1, -0.05) is 19.9 Å². The van der Waals surface area contributed by atoms with E-state index in [4.69, 9.17) is 0 Å². The van der Waals surface area contributed by atoms with Crippen molar-refractivity contribution in [1.82, 2.24) is 14.5 Å². The van der Waals surface area contributed by atoms with Crippen LogP contribution in [0.25, 0.3) is 0 Å². The smallest absolute Gasteiger partial charge is 0.243 e. The summed E-state index contributed by atoms with van der Waals surface area (Å²) in [5.74, 6) is 0.0704. The number of nitrogens with zero attached hydrogens (tertiary/aromatic N) is 2. The van der Waals surface area contributed by atoms with Crippen molar-refractivity contribution in [3.8, 4) is 0 Å². The van der Waals surface area contributed by atoms with Crippen LogP contribution in [0.5, 0.6) is 0 Å². The van der Waals surface area contributed by atoms with Crippen LogP contribution in [0.3, 0.4) is 0 Å². The fourth-order valence-electron chi connectivity index (χ4n) is 3.99. The maximum atomic E-state index is 13.2. The van der Waals surface area contributed by atoms with E-state index >= 15 is 0 Å². The SMILES string of the molecule is CCc1ccc(S(=O)(=O)N2CCCC(N3CCNCC3=O)C2)cc1CC. The lowest BCUT2D eigenvalue weighted by molar-refractivity contribution is -0.135. The van der Waals surface area contributed by atoms with E-state index in [1.54, 1.807) is 10.4 Å². The van der Waals surface area contributed by atoms with Crippen LogP contribution >= 0.6 is 0 Å². The van der Waals surface area contributed by atoms with E-state index in [1.807, 2.05) is 17.0 Å². The Morgan fingerprint density at radius 3 is 2.62 bits per heavy atom. The molecule has 1 amide bonds. The van der Waals surface area contributed by atoms with Crippen molar-refractivity contribution >= 4 is 15.9 Å². The molecular weight excluding hydrogens is 350 g/mol. The lowest BCUT2D eigenvalue weighted by Crippen LogP contribution is -2.57. The molecule has 0 aliphatic carbocycles. The average Bonchev–Trinajstić information content (AvgIpc) is 2.67. The van der Waals surface area contributed by atoms with Gasteiger partial charge in [0.2, 0.25) is 15.9 Å². The van der Waals surface area contributed by atoms with Gasteiger partial charge in [0.05, 0.1) is 11.4 Å². The number of piperazine rings is 1. The van der Waals surface area contributed by atoms with Crippen LogP contribution < -0.4 is 5.32 Å². The van der Waals surface area contributed by atoms with Crippen molar-refractivity contribution in [3.63, 3.8) is 0 Å². The molecule has 0 spiro atoms. The quantitative estimate of drug-likeness (QED) is 0.840. The first-order chi connectivity index (χ1) is 12.5. The van der Waals surface area contributed by atoms with Gasteiger partial charge in [0.15, 0.2) is 0 Å². The van der Waals surface area contributed by atoms with E-state index < -0.39 is 10.0 Å². The van der Waals surface area contributed by atoms with Gasteiger partial charge in [0, 0.05) is 32.2 Å². The fourth-order valence-corrected chi connectivity index (χ4v) is 5.55. The van der Waals surface area contributed by atoms with E-state index in [9.17, 15) is 13.2 Å². The van der Waals surface area contributed by atoms with Gasteiger partial charge in [-0.2, -0.15) is 4.31 Å². The van der Waals surface area contributed by atoms with Gasteiger partial charge in [-0.25, -0.2) is 8.42 Å². The summed E-state index contributed by atoms with van der Waals surface area (Å²) in [6.07, 6.45) is 3.38. The Balaban J connectivity index is 1.81. The van der Waals surface area contributed by atoms with Crippen molar-refractivity contribution in [2.45, 2.75) is 50.5 Å². The molecule has 0 bridgehead atoms. The first-order valence-electron chi connectivity index (χ1n) is 9.59.